The zero-order valence-electron chi connectivity index (χ0n) is 13.8. The Kier molecular flexibility index (Phi) is 4.22. The number of nitrogens with one attached hydrogen (secondary N) is 1. The molecular formula is C20H19ClN2O2. The number of benzene rings is 2. The van der Waals surface area contributed by atoms with Crippen molar-refractivity contribution in [1.29, 1.82) is 0 Å². The maximum Gasteiger partial charge on any atom is 0.253 e. The molecule has 2 amide bonds. The number of hydrogen-bond acceptors (Lipinski definition) is 2. The molecule has 2 aliphatic rings. The number of carbonyl (C=O) groups is 2. The van der Waals surface area contributed by atoms with Gasteiger partial charge in [-0.3, -0.25) is 9.59 Å². The summed E-state index contributed by atoms with van der Waals surface area (Å²) in [5.74, 6) is 0.0721. The number of halogens is 1. The lowest BCUT2D eigenvalue weighted by Gasteiger charge is -2.27. The maximum absolute atomic E-state index is 12.8. The normalized spacial score (nSPS) is 16.5. The van der Waals surface area contributed by atoms with Gasteiger partial charge in [0.1, 0.15) is 0 Å². The summed E-state index contributed by atoms with van der Waals surface area (Å²) >= 11 is 6.39. The molecular weight excluding hydrogens is 336 g/mol. The molecule has 2 aromatic rings. The molecule has 1 saturated heterocycles. The predicted octanol–water partition coefficient (Wildman–Crippen LogP) is 4.13. The maximum atomic E-state index is 12.8. The van der Waals surface area contributed by atoms with Crippen molar-refractivity contribution in [3.05, 3.63) is 52.5 Å². The molecule has 1 N–H and O–H groups in total. The van der Waals surface area contributed by atoms with Gasteiger partial charge in [-0.2, -0.15) is 0 Å². The average molecular weight is 355 g/mol. The van der Waals surface area contributed by atoms with Crippen LogP contribution < -0.4 is 5.32 Å². The molecule has 0 bridgehead atoms. The molecule has 0 aromatic heterocycles. The first-order chi connectivity index (χ1) is 12.1. The van der Waals surface area contributed by atoms with Crippen molar-refractivity contribution in [2.75, 3.05) is 18.4 Å². The first kappa shape index (κ1) is 16.2. The summed E-state index contributed by atoms with van der Waals surface area (Å²) in [6, 6.07) is 11.2. The summed E-state index contributed by atoms with van der Waals surface area (Å²) in [6.45, 7) is 1.65. The Bertz CT molecular complexity index is 857. The molecule has 0 saturated carbocycles. The van der Waals surface area contributed by atoms with Crippen LogP contribution in [-0.2, 0) is 11.2 Å². The van der Waals surface area contributed by atoms with Gasteiger partial charge >= 0.3 is 0 Å². The highest BCUT2D eigenvalue weighted by molar-refractivity contribution is 6.33. The number of anilines is 1. The highest BCUT2D eigenvalue weighted by Gasteiger charge is 2.21. The lowest BCUT2D eigenvalue weighted by atomic mass is 9.99. The van der Waals surface area contributed by atoms with Crippen molar-refractivity contribution in [1.82, 2.24) is 4.90 Å². The van der Waals surface area contributed by atoms with Gasteiger partial charge in [-0.1, -0.05) is 17.7 Å². The second-order valence-electron chi connectivity index (χ2n) is 6.64. The summed E-state index contributed by atoms with van der Waals surface area (Å²) in [7, 11) is 0. The molecule has 1 fully saturated rings. The number of fused-ring (bicyclic) bond motifs is 1. The number of nitrogens with zero attached hydrogens (tertiary/aromatic N) is 1. The van der Waals surface area contributed by atoms with E-state index >= 15 is 0 Å². The van der Waals surface area contributed by atoms with Crippen LogP contribution in [0.3, 0.4) is 0 Å². The van der Waals surface area contributed by atoms with Crippen LogP contribution >= 0.6 is 11.6 Å². The van der Waals surface area contributed by atoms with Gasteiger partial charge < -0.3 is 10.2 Å². The van der Waals surface area contributed by atoms with Crippen molar-refractivity contribution in [2.45, 2.75) is 25.7 Å². The number of amides is 2. The molecule has 0 aliphatic carbocycles. The molecule has 2 heterocycles. The van der Waals surface area contributed by atoms with Crippen LogP contribution in [0.4, 0.5) is 5.69 Å². The van der Waals surface area contributed by atoms with Gasteiger partial charge in [-0.15, -0.1) is 0 Å². The van der Waals surface area contributed by atoms with E-state index in [2.05, 4.69) is 5.32 Å². The lowest BCUT2D eigenvalue weighted by molar-refractivity contribution is -0.115. The van der Waals surface area contributed by atoms with Gasteiger partial charge in [-0.25, -0.2) is 0 Å². The molecule has 0 atom stereocenters. The number of hydrogen-bond donors (Lipinski definition) is 1. The minimum Gasteiger partial charge on any atom is -0.339 e. The zero-order chi connectivity index (χ0) is 17.4. The Balaban J connectivity index is 1.67. The molecule has 4 rings (SSSR count). The fourth-order valence-corrected chi connectivity index (χ4v) is 3.78. The molecule has 25 heavy (non-hydrogen) atoms. The van der Waals surface area contributed by atoms with Crippen LogP contribution in [0.15, 0.2) is 36.4 Å². The third kappa shape index (κ3) is 3.14. The predicted molar refractivity (Wildman–Crippen MR) is 99.0 cm³/mol. The van der Waals surface area contributed by atoms with E-state index in [1.54, 1.807) is 12.1 Å². The van der Waals surface area contributed by atoms with Crippen molar-refractivity contribution in [2.24, 2.45) is 0 Å². The van der Waals surface area contributed by atoms with Crippen LogP contribution in [-0.4, -0.2) is 29.8 Å². The van der Waals surface area contributed by atoms with Gasteiger partial charge in [0.05, 0.1) is 6.42 Å². The Labute approximate surface area is 151 Å². The van der Waals surface area contributed by atoms with Crippen LogP contribution in [0, 0.1) is 0 Å². The third-order valence-electron chi connectivity index (χ3n) is 4.90. The summed E-state index contributed by atoms with van der Waals surface area (Å²) in [5, 5.41) is 3.43. The summed E-state index contributed by atoms with van der Waals surface area (Å²) in [5.41, 5.74) is 4.23. The summed E-state index contributed by atoms with van der Waals surface area (Å²) in [6.07, 6.45) is 3.71. The standard InChI is InChI=1S/C20H19ClN2O2/c21-17-6-4-14(20(25)23-8-2-1-3-9-23)11-16(17)13-5-7-18-15(10-13)12-19(24)22-18/h4-7,10-11H,1-3,8-9,12H2,(H,22,24). The highest BCUT2D eigenvalue weighted by Crippen LogP contribution is 2.33. The molecule has 5 heteroatoms. The van der Waals surface area contributed by atoms with E-state index in [1.807, 2.05) is 29.2 Å². The summed E-state index contributed by atoms with van der Waals surface area (Å²) < 4.78 is 0. The van der Waals surface area contributed by atoms with Crippen LogP contribution in [0.2, 0.25) is 5.02 Å². The van der Waals surface area contributed by atoms with Gasteiger partial charge in [0.2, 0.25) is 5.91 Å². The van der Waals surface area contributed by atoms with Crippen LogP contribution in [0.25, 0.3) is 11.1 Å². The first-order valence-electron chi connectivity index (χ1n) is 8.64. The average Bonchev–Trinajstić information content (AvgIpc) is 3.01. The number of rotatable bonds is 2. The third-order valence-corrected chi connectivity index (χ3v) is 5.23. The largest absolute Gasteiger partial charge is 0.339 e. The van der Waals surface area contributed by atoms with E-state index in [9.17, 15) is 9.59 Å². The topological polar surface area (TPSA) is 49.4 Å². The monoisotopic (exact) mass is 354 g/mol. The summed E-state index contributed by atoms with van der Waals surface area (Å²) in [4.78, 5) is 26.2. The molecule has 4 nitrogen and oxygen atoms in total. The number of carbonyl (C=O) groups excluding carboxylic acids is 2. The van der Waals surface area contributed by atoms with Crippen LogP contribution in [0.1, 0.15) is 35.2 Å². The minimum atomic E-state index is 0.00674. The molecule has 2 aromatic carbocycles. The Morgan fingerprint density at radius 1 is 1.04 bits per heavy atom. The Hall–Kier alpha value is -2.33. The lowest BCUT2D eigenvalue weighted by Crippen LogP contribution is -2.35. The van der Waals surface area contributed by atoms with Crippen molar-refractivity contribution in [3.8, 4) is 11.1 Å². The van der Waals surface area contributed by atoms with Crippen molar-refractivity contribution in [3.63, 3.8) is 0 Å². The highest BCUT2D eigenvalue weighted by atomic mass is 35.5. The van der Waals surface area contributed by atoms with E-state index in [4.69, 9.17) is 11.6 Å². The molecule has 0 spiro atoms. The van der Waals surface area contributed by atoms with Gasteiger partial charge in [-0.05, 0) is 60.7 Å². The molecule has 2 aliphatic heterocycles. The van der Waals surface area contributed by atoms with Gasteiger partial charge in [0, 0.05) is 34.9 Å². The van der Waals surface area contributed by atoms with Gasteiger partial charge in [0.15, 0.2) is 0 Å². The van der Waals surface area contributed by atoms with E-state index in [0.717, 1.165) is 48.3 Å². The van der Waals surface area contributed by atoms with E-state index in [0.29, 0.717) is 17.0 Å². The Morgan fingerprint density at radius 3 is 2.64 bits per heavy atom. The number of likely N-dealkylation sites (tertiary alicyclic amines) is 1. The SMILES string of the molecule is O=C1Cc2cc(-c3cc(C(=O)N4CCCCC4)ccc3Cl)ccc2N1. The minimum absolute atomic E-state index is 0.00674. The first-order valence-corrected chi connectivity index (χ1v) is 9.01. The smallest absolute Gasteiger partial charge is 0.253 e. The second-order valence-corrected chi connectivity index (χ2v) is 7.05. The van der Waals surface area contributed by atoms with Gasteiger partial charge in [0.25, 0.3) is 5.91 Å². The zero-order valence-corrected chi connectivity index (χ0v) is 14.6. The van der Waals surface area contributed by atoms with E-state index in [-0.39, 0.29) is 11.8 Å². The van der Waals surface area contributed by atoms with Crippen molar-refractivity contribution < 1.29 is 9.59 Å². The molecule has 0 radical (unpaired) electrons. The molecule has 128 valence electrons. The Morgan fingerprint density at radius 2 is 1.84 bits per heavy atom. The fourth-order valence-electron chi connectivity index (χ4n) is 3.56. The molecule has 0 unspecified atom stereocenters. The number of piperidine rings is 1. The van der Waals surface area contributed by atoms with E-state index in [1.165, 1.54) is 6.42 Å². The van der Waals surface area contributed by atoms with E-state index < -0.39 is 0 Å². The van der Waals surface area contributed by atoms with Crippen molar-refractivity contribution >= 4 is 29.1 Å². The fraction of sp³-hybridized carbons (Fsp3) is 0.300. The van der Waals surface area contributed by atoms with Crippen LogP contribution in [0.5, 0.6) is 0 Å². The quantitative estimate of drug-likeness (QED) is 0.881. The second kappa shape index (κ2) is 6.52.